The summed E-state index contributed by atoms with van der Waals surface area (Å²) in [5, 5.41) is 0. The molecule has 2 heterocycles. The van der Waals surface area contributed by atoms with Crippen LogP contribution in [0.1, 0.15) is 31.2 Å². The van der Waals surface area contributed by atoms with Gasteiger partial charge in [-0.1, -0.05) is 6.07 Å². The van der Waals surface area contributed by atoms with Gasteiger partial charge in [0.2, 0.25) is 0 Å². The molecule has 3 aliphatic rings. The van der Waals surface area contributed by atoms with Gasteiger partial charge in [0.05, 0.1) is 5.69 Å². The lowest BCUT2D eigenvalue weighted by molar-refractivity contribution is -0.122. The summed E-state index contributed by atoms with van der Waals surface area (Å²) >= 11 is 0. The summed E-state index contributed by atoms with van der Waals surface area (Å²) in [6, 6.07) is 6.30. The number of rotatable bonds is 1. The van der Waals surface area contributed by atoms with Crippen molar-refractivity contribution < 1.29 is 13.9 Å². The number of nitrogens with zero attached hydrogens (tertiary/aromatic N) is 2. The lowest BCUT2D eigenvalue weighted by Gasteiger charge is -2.41. The third kappa shape index (κ3) is 1.81. The van der Waals surface area contributed by atoms with E-state index in [1.807, 2.05) is 12.1 Å². The molecule has 0 radical (unpaired) electrons. The van der Waals surface area contributed by atoms with Crippen LogP contribution in [0.2, 0.25) is 0 Å². The molecule has 0 unspecified atom stereocenters. The Balaban J connectivity index is 1.75. The molecule has 0 bridgehead atoms. The van der Waals surface area contributed by atoms with Crippen molar-refractivity contribution in [3.05, 3.63) is 23.8 Å². The van der Waals surface area contributed by atoms with E-state index < -0.39 is 6.48 Å². The second kappa shape index (κ2) is 4.69. The molecule has 4 rings (SSSR count). The minimum Gasteiger partial charge on any atom is -0.441 e. The van der Waals surface area contributed by atoms with E-state index in [4.69, 9.17) is 4.74 Å². The highest BCUT2D eigenvalue weighted by molar-refractivity contribution is 5.81. The summed E-state index contributed by atoms with van der Waals surface area (Å²) in [6.45, 7) is -0.403. The van der Waals surface area contributed by atoms with E-state index in [9.17, 15) is 9.18 Å². The number of hydrogen-bond donors (Lipinski definition) is 0. The van der Waals surface area contributed by atoms with Crippen molar-refractivity contribution >= 4 is 11.5 Å². The van der Waals surface area contributed by atoms with Crippen LogP contribution in [0.4, 0.5) is 10.1 Å². The van der Waals surface area contributed by atoms with Gasteiger partial charge in [-0.25, -0.2) is 0 Å². The molecule has 1 aliphatic carbocycles. The third-order valence-corrected chi connectivity index (χ3v) is 5.79. The lowest BCUT2D eigenvalue weighted by Crippen LogP contribution is -2.46. The van der Waals surface area contributed by atoms with Crippen LogP contribution < -0.4 is 9.64 Å². The van der Waals surface area contributed by atoms with Crippen LogP contribution in [0.3, 0.4) is 0 Å². The number of halogens is 1. The molecular formula is C17H21FN2O2. The minimum absolute atomic E-state index is 0.00796. The standard InChI is InChI=1S/C17H21FN2O2/c1-19-8-7-17(6-5-12(21)10-15(17)19)11-3-4-13-14(9-11)22-16(18)20(13)2/h3-4,9,15-16H,5-8,10H2,1-2H3/t15-,16+,17-/m0/s1. The van der Waals surface area contributed by atoms with Crippen LogP contribution in [-0.2, 0) is 10.2 Å². The SMILES string of the molecule is CN1CC[C@]2(c3ccc4c(c3)O[C@H](F)N4C)CCC(=O)C[C@H]12. The summed E-state index contributed by atoms with van der Waals surface area (Å²) in [7, 11) is 3.79. The van der Waals surface area contributed by atoms with Crippen LogP contribution in [0.5, 0.6) is 5.75 Å². The molecule has 2 fully saturated rings. The number of likely N-dealkylation sites (N-methyl/N-ethyl adjacent to an activating group) is 1. The van der Waals surface area contributed by atoms with E-state index in [2.05, 4.69) is 18.0 Å². The van der Waals surface area contributed by atoms with Crippen molar-refractivity contribution in [1.29, 1.82) is 0 Å². The Morgan fingerprint density at radius 1 is 1.32 bits per heavy atom. The van der Waals surface area contributed by atoms with Crippen molar-refractivity contribution in [2.75, 3.05) is 25.5 Å². The number of benzene rings is 1. The summed E-state index contributed by atoms with van der Waals surface area (Å²) < 4.78 is 19.0. The van der Waals surface area contributed by atoms with Crippen molar-refractivity contribution in [2.45, 2.75) is 43.6 Å². The van der Waals surface area contributed by atoms with Gasteiger partial charge in [-0.3, -0.25) is 4.79 Å². The van der Waals surface area contributed by atoms with Gasteiger partial charge < -0.3 is 14.5 Å². The molecule has 0 amide bonds. The van der Waals surface area contributed by atoms with Crippen molar-refractivity contribution in [3.8, 4) is 5.75 Å². The van der Waals surface area contributed by atoms with Gasteiger partial charge in [0.15, 0.2) is 0 Å². The highest BCUT2D eigenvalue weighted by Crippen LogP contribution is 2.50. The molecule has 4 nitrogen and oxygen atoms in total. The fraction of sp³-hybridized carbons (Fsp3) is 0.588. The van der Waals surface area contributed by atoms with Gasteiger partial charge in [-0.15, -0.1) is 0 Å². The van der Waals surface area contributed by atoms with E-state index in [1.165, 1.54) is 10.5 Å². The molecule has 0 N–H and O–H groups in total. The van der Waals surface area contributed by atoms with E-state index >= 15 is 0 Å². The summed E-state index contributed by atoms with van der Waals surface area (Å²) in [4.78, 5) is 15.7. The van der Waals surface area contributed by atoms with E-state index in [-0.39, 0.29) is 11.5 Å². The minimum atomic E-state index is -1.40. The second-order valence-corrected chi connectivity index (χ2v) is 6.85. The first kappa shape index (κ1) is 14.0. The maximum absolute atomic E-state index is 13.7. The van der Waals surface area contributed by atoms with Crippen LogP contribution in [0, 0.1) is 0 Å². The quantitative estimate of drug-likeness (QED) is 0.746. The number of Topliss-reactive ketones (excluding diaryl/α,β-unsaturated/α-hetero) is 1. The molecule has 1 saturated heterocycles. The zero-order valence-electron chi connectivity index (χ0n) is 13.0. The fourth-order valence-electron chi connectivity index (χ4n) is 4.43. The van der Waals surface area contributed by atoms with Gasteiger partial charge in [0.1, 0.15) is 11.5 Å². The Hall–Kier alpha value is -1.62. The average Bonchev–Trinajstić information content (AvgIpc) is 2.98. The zero-order valence-corrected chi connectivity index (χ0v) is 13.0. The van der Waals surface area contributed by atoms with Crippen LogP contribution in [0.25, 0.3) is 0 Å². The molecule has 0 spiro atoms. The van der Waals surface area contributed by atoms with Gasteiger partial charge in [0.25, 0.3) is 0 Å². The topological polar surface area (TPSA) is 32.8 Å². The maximum atomic E-state index is 13.7. The highest BCUT2D eigenvalue weighted by atomic mass is 19.1. The number of anilines is 1. The number of hydrogen-bond acceptors (Lipinski definition) is 4. The third-order valence-electron chi connectivity index (χ3n) is 5.79. The zero-order chi connectivity index (χ0) is 15.5. The average molecular weight is 304 g/mol. The Morgan fingerprint density at radius 3 is 2.95 bits per heavy atom. The number of ketones is 1. The molecule has 22 heavy (non-hydrogen) atoms. The highest BCUT2D eigenvalue weighted by Gasteiger charge is 2.50. The predicted octanol–water partition coefficient (Wildman–Crippen LogP) is 2.46. The Kier molecular flexibility index (Phi) is 2.98. The Bertz CT molecular complexity index is 635. The smallest absolute Gasteiger partial charge is 0.321 e. The molecule has 1 aromatic carbocycles. The number of likely N-dealkylation sites (tertiary alicyclic amines) is 1. The number of fused-ring (bicyclic) bond motifs is 2. The van der Waals surface area contributed by atoms with Crippen LogP contribution in [-0.4, -0.2) is 43.8 Å². The molecule has 118 valence electrons. The Labute approximate surface area is 129 Å². The maximum Gasteiger partial charge on any atom is 0.321 e. The summed E-state index contributed by atoms with van der Waals surface area (Å²) in [6.07, 6.45) is 3.21. The normalized spacial score (nSPS) is 34.5. The molecule has 1 saturated carbocycles. The molecule has 1 aromatic rings. The first-order valence-corrected chi connectivity index (χ1v) is 7.91. The molecular weight excluding hydrogens is 283 g/mol. The van der Waals surface area contributed by atoms with Crippen molar-refractivity contribution in [3.63, 3.8) is 0 Å². The largest absolute Gasteiger partial charge is 0.441 e. The van der Waals surface area contributed by atoms with Gasteiger partial charge in [0, 0.05) is 31.3 Å². The summed E-state index contributed by atoms with van der Waals surface area (Å²) in [5.74, 6) is 0.974. The Morgan fingerprint density at radius 2 is 2.14 bits per heavy atom. The molecule has 3 atom stereocenters. The van der Waals surface area contributed by atoms with Gasteiger partial charge >= 0.3 is 6.48 Å². The van der Waals surface area contributed by atoms with Gasteiger partial charge in [-0.2, -0.15) is 4.39 Å². The van der Waals surface area contributed by atoms with Crippen LogP contribution in [0.15, 0.2) is 18.2 Å². The van der Waals surface area contributed by atoms with E-state index in [0.29, 0.717) is 24.4 Å². The number of alkyl halides is 1. The molecule has 5 heteroatoms. The van der Waals surface area contributed by atoms with Crippen molar-refractivity contribution in [1.82, 2.24) is 4.90 Å². The number of carbonyl (C=O) groups excluding carboxylic acids is 1. The number of ether oxygens (including phenoxy) is 1. The van der Waals surface area contributed by atoms with E-state index in [0.717, 1.165) is 25.1 Å². The molecule has 0 aromatic heterocycles. The summed E-state index contributed by atoms with van der Waals surface area (Å²) in [5.41, 5.74) is 1.99. The van der Waals surface area contributed by atoms with Crippen LogP contribution >= 0.6 is 0 Å². The predicted molar refractivity (Wildman–Crippen MR) is 81.9 cm³/mol. The first-order valence-electron chi connectivity index (χ1n) is 7.91. The monoisotopic (exact) mass is 304 g/mol. The lowest BCUT2D eigenvalue weighted by atomic mass is 9.66. The first-order chi connectivity index (χ1) is 10.5. The molecule has 2 aliphatic heterocycles. The van der Waals surface area contributed by atoms with Gasteiger partial charge in [-0.05, 0) is 44.1 Å². The fourth-order valence-corrected chi connectivity index (χ4v) is 4.43. The van der Waals surface area contributed by atoms with Crippen molar-refractivity contribution in [2.24, 2.45) is 0 Å². The second-order valence-electron chi connectivity index (χ2n) is 6.85. The van der Waals surface area contributed by atoms with E-state index in [1.54, 1.807) is 7.05 Å². The number of carbonyl (C=O) groups is 1.